The van der Waals surface area contributed by atoms with Crippen LogP contribution in [0.4, 0.5) is 0 Å². The summed E-state index contributed by atoms with van der Waals surface area (Å²) in [5.74, 6) is -0.355. The summed E-state index contributed by atoms with van der Waals surface area (Å²) in [5, 5.41) is 15.4. The molecule has 0 spiro atoms. The molecule has 22 heavy (non-hydrogen) atoms. The van der Waals surface area contributed by atoms with Crippen molar-refractivity contribution in [3.05, 3.63) is 51.6 Å². The number of nitrogens with one attached hydrogen (secondary N) is 1. The molecule has 0 atom stereocenters. The Morgan fingerprint density at radius 3 is 2.91 bits per heavy atom. The van der Waals surface area contributed by atoms with Gasteiger partial charge in [0.15, 0.2) is 11.3 Å². The monoisotopic (exact) mass is 360 g/mol. The molecule has 0 aromatic carbocycles. The number of carbonyl (C=O) groups is 1. The van der Waals surface area contributed by atoms with Crippen LogP contribution in [0.3, 0.4) is 0 Å². The quantitative estimate of drug-likeness (QED) is 0.748. The second kappa shape index (κ2) is 4.95. The number of imidazole rings is 1. The van der Waals surface area contributed by atoms with Crippen LogP contribution in [0.2, 0.25) is 0 Å². The van der Waals surface area contributed by atoms with Gasteiger partial charge in [-0.2, -0.15) is 5.10 Å². The molecule has 1 fully saturated rings. The lowest BCUT2D eigenvalue weighted by atomic mass is 10.2. The minimum absolute atomic E-state index is 0.0240. The van der Waals surface area contributed by atoms with Crippen molar-refractivity contribution in [2.24, 2.45) is 0 Å². The molecule has 1 aliphatic carbocycles. The molecule has 4 rings (SSSR count). The van der Waals surface area contributed by atoms with Gasteiger partial charge in [-0.05, 0) is 52.4 Å². The van der Waals surface area contributed by atoms with Crippen molar-refractivity contribution in [2.75, 3.05) is 0 Å². The average Bonchev–Trinajstić information content (AvgIpc) is 3.08. The van der Waals surface area contributed by atoms with E-state index in [-0.39, 0.29) is 5.69 Å². The number of aromatic amines is 1. The molecular weight excluding hydrogens is 348 g/mol. The molecule has 1 saturated carbocycles. The van der Waals surface area contributed by atoms with Gasteiger partial charge in [-0.3, -0.25) is 5.10 Å². The van der Waals surface area contributed by atoms with Gasteiger partial charge >= 0.3 is 5.97 Å². The highest BCUT2D eigenvalue weighted by molar-refractivity contribution is 9.10. The summed E-state index contributed by atoms with van der Waals surface area (Å²) in [5.41, 5.74) is 3.83. The van der Waals surface area contributed by atoms with Crippen molar-refractivity contribution in [1.82, 2.24) is 19.6 Å². The van der Waals surface area contributed by atoms with E-state index in [1.165, 1.54) is 24.5 Å². The zero-order valence-electron chi connectivity index (χ0n) is 11.6. The molecule has 0 bridgehead atoms. The molecule has 0 unspecified atom stereocenters. The number of aromatic carboxylic acids is 1. The molecular formula is C15H13BrN4O2. The van der Waals surface area contributed by atoms with E-state index in [0.717, 1.165) is 21.5 Å². The molecule has 0 saturated heterocycles. The van der Waals surface area contributed by atoms with Crippen molar-refractivity contribution in [3.8, 4) is 0 Å². The average molecular weight is 361 g/mol. The zero-order valence-corrected chi connectivity index (χ0v) is 13.2. The van der Waals surface area contributed by atoms with Gasteiger partial charge in [0.05, 0.1) is 10.2 Å². The Labute approximate surface area is 134 Å². The fourth-order valence-corrected chi connectivity index (χ4v) is 3.17. The molecule has 1 aliphatic rings. The summed E-state index contributed by atoms with van der Waals surface area (Å²) >= 11 is 3.58. The number of pyridine rings is 1. The second-order valence-electron chi connectivity index (χ2n) is 5.62. The van der Waals surface area contributed by atoms with Crippen LogP contribution in [0, 0.1) is 0 Å². The second-order valence-corrected chi connectivity index (χ2v) is 6.47. The Bertz CT molecular complexity index is 879. The number of H-pyrrole nitrogens is 1. The van der Waals surface area contributed by atoms with Crippen molar-refractivity contribution in [2.45, 2.75) is 25.2 Å². The minimum Gasteiger partial charge on any atom is -0.476 e. The van der Waals surface area contributed by atoms with Crippen LogP contribution >= 0.6 is 15.9 Å². The van der Waals surface area contributed by atoms with Gasteiger partial charge in [0.25, 0.3) is 0 Å². The topological polar surface area (TPSA) is 83.3 Å². The Hall–Kier alpha value is -2.15. The Kier molecular flexibility index (Phi) is 3.04. The SMILES string of the molecule is O=C(O)c1cc(Cc2cn3cc(C4CC4)cc(Br)c3n2)[nH]n1. The van der Waals surface area contributed by atoms with E-state index >= 15 is 0 Å². The third-order valence-electron chi connectivity index (χ3n) is 3.85. The van der Waals surface area contributed by atoms with Gasteiger partial charge in [-0.15, -0.1) is 0 Å². The summed E-state index contributed by atoms with van der Waals surface area (Å²) < 4.78 is 3.01. The third kappa shape index (κ3) is 2.41. The molecule has 0 radical (unpaired) electrons. The summed E-state index contributed by atoms with van der Waals surface area (Å²) in [6, 6.07) is 3.68. The number of hydrogen-bond acceptors (Lipinski definition) is 3. The lowest BCUT2D eigenvalue weighted by Gasteiger charge is -2.01. The Morgan fingerprint density at radius 1 is 1.41 bits per heavy atom. The number of halogens is 1. The number of rotatable bonds is 4. The number of nitrogens with zero attached hydrogens (tertiary/aromatic N) is 3. The highest BCUT2D eigenvalue weighted by Gasteiger charge is 2.24. The molecule has 6 nitrogen and oxygen atoms in total. The van der Waals surface area contributed by atoms with E-state index in [4.69, 9.17) is 5.11 Å². The maximum Gasteiger partial charge on any atom is 0.356 e. The van der Waals surface area contributed by atoms with Crippen molar-refractivity contribution in [1.29, 1.82) is 0 Å². The van der Waals surface area contributed by atoms with E-state index in [2.05, 4.69) is 43.4 Å². The highest BCUT2D eigenvalue weighted by Crippen LogP contribution is 2.41. The van der Waals surface area contributed by atoms with E-state index in [9.17, 15) is 4.79 Å². The molecule has 7 heteroatoms. The van der Waals surface area contributed by atoms with E-state index in [0.29, 0.717) is 12.3 Å². The van der Waals surface area contributed by atoms with Crippen LogP contribution in [-0.4, -0.2) is 30.7 Å². The van der Waals surface area contributed by atoms with E-state index in [1.807, 2.05) is 10.6 Å². The first-order chi connectivity index (χ1) is 10.6. The predicted molar refractivity (Wildman–Crippen MR) is 83.2 cm³/mol. The molecule has 2 N–H and O–H groups in total. The number of carboxylic acid groups (broad SMARTS) is 1. The van der Waals surface area contributed by atoms with Crippen LogP contribution in [0.5, 0.6) is 0 Å². The van der Waals surface area contributed by atoms with Crippen LogP contribution in [0.25, 0.3) is 5.65 Å². The normalized spacial score (nSPS) is 14.6. The van der Waals surface area contributed by atoms with E-state index < -0.39 is 5.97 Å². The van der Waals surface area contributed by atoms with Gasteiger partial charge in [-0.25, -0.2) is 9.78 Å². The highest BCUT2D eigenvalue weighted by atomic mass is 79.9. The fourth-order valence-electron chi connectivity index (χ4n) is 2.61. The molecule has 0 amide bonds. The largest absolute Gasteiger partial charge is 0.476 e. The first kappa shape index (κ1) is 13.5. The fraction of sp³-hybridized carbons (Fsp3) is 0.267. The number of aromatic nitrogens is 4. The van der Waals surface area contributed by atoms with Gasteiger partial charge in [0.1, 0.15) is 0 Å². The predicted octanol–water partition coefficient (Wildman–Crippen LogP) is 2.99. The molecule has 3 aromatic heterocycles. The first-order valence-corrected chi connectivity index (χ1v) is 7.84. The summed E-state index contributed by atoms with van der Waals surface area (Å²) in [6.45, 7) is 0. The zero-order chi connectivity index (χ0) is 15.3. The number of carboxylic acids is 1. The maximum atomic E-state index is 10.9. The molecule has 3 aromatic rings. The summed E-state index contributed by atoms with van der Waals surface area (Å²) in [4.78, 5) is 15.5. The van der Waals surface area contributed by atoms with Gasteiger partial charge in [-0.1, -0.05) is 0 Å². The summed E-state index contributed by atoms with van der Waals surface area (Å²) in [7, 11) is 0. The summed E-state index contributed by atoms with van der Waals surface area (Å²) in [6.07, 6.45) is 7.14. The van der Waals surface area contributed by atoms with Crippen molar-refractivity contribution < 1.29 is 9.90 Å². The van der Waals surface area contributed by atoms with Crippen LogP contribution < -0.4 is 0 Å². The van der Waals surface area contributed by atoms with Crippen LogP contribution in [-0.2, 0) is 6.42 Å². The molecule has 0 aliphatic heterocycles. The number of fused-ring (bicyclic) bond motifs is 1. The minimum atomic E-state index is -1.03. The number of hydrogen-bond donors (Lipinski definition) is 2. The molecule has 3 heterocycles. The van der Waals surface area contributed by atoms with Gasteiger partial charge in [0.2, 0.25) is 0 Å². The lowest BCUT2D eigenvalue weighted by molar-refractivity contribution is 0.0690. The Balaban J connectivity index is 1.66. The molecule has 112 valence electrons. The van der Waals surface area contributed by atoms with Crippen LogP contribution in [0.15, 0.2) is 29.0 Å². The maximum absolute atomic E-state index is 10.9. The first-order valence-electron chi connectivity index (χ1n) is 7.05. The van der Waals surface area contributed by atoms with Crippen molar-refractivity contribution in [3.63, 3.8) is 0 Å². The van der Waals surface area contributed by atoms with Gasteiger partial charge < -0.3 is 9.51 Å². The van der Waals surface area contributed by atoms with Crippen LogP contribution in [0.1, 0.15) is 46.2 Å². The smallest absolute Gasteiger partial charge is 0.356 e. The van der Waals surface area contributed by atoms with Gasteiger partial charge in [0, 0.05) is 24.5 Å². The van der Waals surface area contributed by atoms with E-state index in [1.54, 1.807) is 0 Å². The lowest BCUT2D eigenvalue weighted by Crippen LogP contribution is -1.95. The third-order valence-corrected chi connectivity index (χ3v) is 4.43. The Morgan fingerprint density at radius 2 is 2.23 bits per heavy atom. The van der Waals surface area contributed by atoms with Crippen molar-refractivity contribution >= 4 is 27.5 Å². The standard InChI is InChI=1S/C15H13BrN4O2/c16-12-3-9(8-1-2-8)6-20-7-11(17-14(12)20)4-10-5-13(15(21)22)19-18-10/h3,5-8H,1-2,4H2,(H,18,19)(H,21,22).